The fraction of sp³-hybridized carbons (Fsp3) is 0.438. The molecule has 2 bridgehead atoms. The van der Waals surface area contributed by atoms with E-state index in [-0.39, 0.29) is 41.9 Å². The average molecular weight is 670 g/mol. The van der Waals surface area contributed by atoms with Gasteiger partial charge >= 0.3 is 12.2 Å². The van der Waals surface area contributed by atoms with Crippen LogP contribution in [0.4, 0.5) is 29.2 Å². The SMILES string of the molecule is CCSc1nc(N2C3CCC2CN(C(=O)O)C3)c2c3c(c(-c4c(F)ccc5sc(NC(=O)OC(C)(C)C)cc45)c(F)c2n1)COC3. The first kappa shape index (κ1) is 30.9. The molecular formula is C32H33F2N5O5S2. The van der Waals surface area contributed by atoms with Crippen molar-refractivity contribution in [3.05, 3.63) is 41.0 Å². The van der Waals surface area contributed by atoms with Crippen LogP contribution in [0.3, 0.4) is 0 Å². The van der Waals surface area contributed by atoms with Gasteiger partial charge in [-0.05, 0) is 68.7 Å². The molecule has 0 saturated carbocycles. The van der Waals surface area contributed by atoms with E-state index in [2.05, 4.69) is 15.2 Å². The van der Waals surface area contributed by atoms with E-state index in [1.165, 1.54) is 34.1 Å². The number of rotatable bonds is 5. The van der Waals surface area contributed by atoms with Crippen molar-refractivity contribution in [3.8, 4) is 11.1 Å². The molecule has 0 radical (unpaired) electrons. The Labute approximate surface area is 272 Å². The van der Waals surface area contributed by atoms with E-state index in [0.717, 1.165) is 12.8 Å². The lowest BCUT2D eigenvalue weighted by Gasteiger charge is -2.41. The van der Waals surface area contributed by atoms with Crippen LogP contribution in [0.1, 0.15) is 51.7 Å². The third kappa shape index (κ3) is 5.29. The second-order valence-electron chi connectivity index (χ2n) is 12.7. The Balaban J connectivity index is 1.41. The minimum atomic E-state index is -0.953. The van der Waals surface area contributed by atoms with Gasteiger partial charge in [-0.15, -0.1) is 11.3 Å². The number of thioether (sulfide) groups is 1. The zero-order chi connectivity index (χ0) is 32.5. The van der Waals surface area contributed by atoms with Crippen LogP contribution in [0.2, 0.25) is 0 Å². The molecule has 4 aromatic rings. The highest BCUT2D eigenvalue weighted by Gasteiger charge is 2.44. The third-order valence-electron chi connectivity index (χ3n) is 8.55. The monoisotopic (exact) mass is 669 g/mol. The first-order valence-corrected chi connectivity index (χ1v) is 17.0. The van der Waals surface area contributed by atoms with Crippen LogP contribution in [0, 0.1) is 11.6 Å². The van der Waals surface area contributed by atoms with Crippen LogP contribution in [0.5, 0.6) is 0 Å². The summed E-state index contributed by atoms with van der Waals surface area (Å²) in [6.07, 6.45) is -0.0120. The standard InChI is InChI=1S/C32H33F2N5O5S2/c1-5-45-29-36-27-25(28(37-29)39-15-6-7-16(39)12-38(11-15)31(41)42)19-14-43-13-18(19)24(26(27)34)23-17-10-22(35-30(40)44-32(2,3)4)46-21(17)9-8-20(23)33/h8-10,15-16H,5-7,11-14H2,1-4H3,(H,35,40)(H,41,42). The number of hydrogen-bond acceptors (Lipinski definition) is 9. The van der Waals surface area contributed by atoms with Crippen molar-refractivity contribution in [2.24, 2.45) is 0 Å². The molecule has 2 unspecified atom stereocenters. The van der Waals surface area contributed by atoms with Gasteiger partial charge in [0.15, 0.2) is 11.0 Å². The molecule has 10 nitrogen and oxygen atoms in total. The number of ether oxygens (including phenoxy) is 2. The van der Waals surface area contributed by atoms with E-state index in [9.17, 15) is 14.7 Å². The molecule has 2 saturated heterocycles. The summed E-state index contributed by atoms with van der Waals surface area (Å²) >= 11 is 2.62. The number of benzene rings is 2. The molecule has 2 amide bonds. The van der Waals surface area contributed by atoms with E-state index in [1.807, 2.05) is 6.92 Å². The van der Waals surface area contributed by atoms with E-state index in [1.54, 1.807) is 32.9 Å². The number of hydrogen-bond donors (Lipinski definition) is 2. The van der Waals surface area contributed by atoms with Crippen molar-refractivity contribution in [1.82, 2.24) is 14.9 Å². The van der Waals surface area contributed by atoms with Crippen LogP contribution >= 0.6 is 23.1 Å². The van der Waals surface area contributed by atoms with Crippen LogP contribution in [-0.2, 0) is 22.7 Å². The second-order valence-corrected chi connectivity index (χ2v) is 15.0. The van der Waals surface area contributed by atoms with Gasteiger partial charge in [-0.1, -0.05) is 18.7 Å². The number of anilines is 2. The zero-order valence-electron chi connectivity index (χ0n) is 25.8. The minimum Gasteiger partial charge on any atom is -0.465 e. The predicted octanol–water partition coefficient (Wildman–Crippen LogP) is 7.61. The summed E-state index contributed by atoms with van der Waals surface area (Å²) in [4.78, 5) is 37.5. The van der Waals surface area contributed by atoms with Crippen LogP contribution in [-0.4, -0.2) is 68.7 Å². The quantitative estimate of drug-likeness (QED) is 0.164. The maximum Gasteiger partial charge on any atom is 0.412 e. The summed E-state index contributed by atoms with van der Waals surface area (Å²) in [6.45, 7) is 8.15. The molecular weight excluding hydrogens is 637 g/mol. The number of carbonyl (C=O) groups is 2. The number of likely N-dealkylation sites (tertiary alicyclic amines) is 1. The highest BCUT2D eigenvalue weighted by molar-refractivity contribution is 7.99. The number of fused-ring (bicyclic) bond motifs is 6. The Morgan fingerprint density at radius 1 is 1.13 bits per heavy atom. The fourth-order valence-corrected chi connectivity index (χ4v) is 8.36. The summed E-state index contributed by atoms with van der Waals surface area (Å²) in [5.74, 6) is -0.0502. The Hall–Kier alpha value is -3.75. The average Bonchev–Trinajstić information content (AvgIpc) is 3.68. The van der Waals surface area contributed by atoms with E-state index in [0.29, 0.717) is 61.4 Å². The van der Waals surface area contributed by atoms with Gasteiger partial charge in [0, 0.05) is 46.4 Å². The highest BCUT2D eigenvalue weighted by Crippen LogP contribution is 2.48. The minimum absolute atomic E-state index is 0.0745. The molecule has 242 valence electrons. The first-order chi connectivity index (χ1) is 21.9. The summed E-state index contributed by atoms with van der Waals surface area (Å²) in [5, 5.41) is 14.2. The molecule has 2 atom stereocenters. The Morgan fingerprint density at radius 2 is 1.85 bits per heavy atom. The molecule has 0 aliphatic carbocycles. The Morgan fingerprint density at radius 3 is 2.52 bits per heavy atom. The Kier molecular flexibility index (Phi) is 7.72. The van der Waals surface area contributed by atoms with Crippen molar-refractivity contribution in [1.29, 1.82) is 0 Å². The number of piperazine rings is 1. The van der Waals surface area contributed by atoms with Crippen LogP contribution in [0.25, 0.3) is 32.1 Å². The van der Waals surface area contributed by atoms with Gasteiger partial charge in [-0.3, -0.25) is 5.32 Å². The van der Waals surface area contributed by atoms with Crippen molar-refractivity contribution < 1.29 is 33.0 Å². The number of aromatic nitrogens is 2. The van der Waals surface area contributed by atoms with Gasteiger partial charge < -0.3 is 24.4 Å². The number of halogens is 2. The largest absolute Gasteiger partial charge is 0.465 e. The summed E-state index contributed by atoms with van der Waals surface area (Å²) in [5.41, 5.74) is 0.771. The van der Waals surface area contributed by atoms with Crippen molar-refractivity contribution in [2.75, 3.05) is 29.1 Å². The number of nitrogens with one attached hydrogen (secondary N) is 1. The van der Waals surface area contributed by atoms with Gasteiger partial charge in [-0.2, -0.15) is 0 Å². The fourth-order valence-electron chi connectivity index (χ4n) is 6.84. The lowest BCUT2D eigenvalue weighted by molar-refractivity contribution is 0.0636. The van der Waals surface area contributed by atoms with Crippen LogP contribution < -0.4 is 10.2 Å². The Bertz CT molecular complexity index is 1900. The summed E-state index contributed by atoms with van der Waals surface area (Å²) < 4.78 is 45.0. The number of thiophene rings is 1. The maximum absolute atomic E-state index is 17.2. The number of carboxylic acid groups (broad SMARTS) is 1. The van der Waals surface area contributed by atoms with Crippen molar-refractivity contribution in [3.63, 3.8) is 0 Å². The third-order valence-corrected chi connectivity index (χ3v) is 10.3. The smallest absolute Gasteiger partial charge is 0.412 e. The maximum atomic E-state index is 17.2. The zero-order valence-corrected chi connectivity index (χ0v) is 27.4. The summed E-state index contributed by atoms with van der Waals surface area (Å²) in [7, 11) is 0. The van der Waals surface area contributed by atoms with Crippen molar-refractivity contribution in [2.45, 2.75) is 76.6 Å². The molecule has 2 aromatic carbocycles. The van der Waals surface area contributed by atoms with E-state index in [4.69, 9.17) is 14.5 Å². The normalized spacial score (nSPS) is 19.3. The highest BCUT2D eigenvalue weighted by atomic mass is 32.2. The topological polar surface area (TPSA) is 117 Å². The molecule has 7 rings (SSSR count). The van der Waals surface area contributed by atoms with Gasteiger partial charge in [0.05, 0.1) is 23.6 Å². The molecule has 0 spiro atoms. The number of carbonyl (C=O) groups excluding carboxylic acids is 1. The first-order valence-electron chi connectivity index (χ1n) is 15.2. The van der Waals surface area contributed by atoms with E-state index < -0.39 is 29.4 Å². The molecule has 3 aliphatic heterocycles. The lowest BCUT2D eigenvalue weighted by Crippen LogP contribution is -2.55. The van der Waals surface area contributed by atoms with Gasteiger partial charge in [0.1, 0.15) is 22.8 Å². The lowest BCUT2D eigenvalue weighted by atomic mass is 9.91. The molecule has 14 heteroatoms. The predicted molar refractivity (Wildman–Crippen MR) is 174 cm³/mol. The van der Waals surface area contributed by atoms with Gasteiger partial charge in [0.2, 0.25) is 0 Å². The second kappa shape index (κ2) is 11.5. The molecule has 2 N–H and O–H groups in total. The van der Waals surface area contributed by atoms with Crippen molar-refractivity contribution >= 4 is 67.1 Å². The molecule has 46 heavy (non-hydrogen) atoms. The molecule has 5 heterocycles. The van der Waals surface area contributed by atoms with Crippen LogP contribution in [0.15, 0.2) is 23.4 Å². The van der Waals surface area contributed by atoms with E-state index >= 15 is 8.78 Å². The molecule has 2 aromatic heterocycles. The molecule has 3 aliphatic rings. The number of amides is 2. The number of nitrogens with zero attached hydrogens (tertiary/aromatic N) is 4. The van der Waals surface area contributed by atoms with Gasteiger partial charge in [0.25, 0.3) is 0 Å². The molecule has 2 fully saturated rings. The summed E-state index contributed by atoms with van der Waals surface area (Å²) in [6, 6.07) is 4.33. The van der Waals surface area contributed by atoms with Gasteiger partial charge in [-0.25, -0.2) is 28.3 Å².